The summed E-state index contributed by atoms with van der Waals surface area (Å²) < 4.78 is 5.56. The molecule has 2 fully saturated rings. The molecule has 0 radical (unpaired) electrons. The molecule has 23 heavy (non-hydrogen) atoms. The highest BCUT2D eigenvalue weighted by Crippen LogP contribution is 2.65. The minimum atomic E-state index is -1.15. The molecule has 1 heterocycles. The highest BCUT2D eigenvalue weighted by atomic mass is 16.6. The lowest BCUT2D eigenvalue weighted by Gasteiger charge is -2.35. The molecule has 5 nitrogen and oxygen atoms in total. The molecule has 1 N–H and O–H groups in total. The highest BCUT2D eigenvalue weighted by Gasteiger charge is 2.75. The van der Waals surface area contributed by atoms with Gasteiger partial charge in [0, 0.05) is 16.7 Å². The van der Waals surface area contributed by atoms with Gasteiger partial charge in [0.05, 0.1) is 5.41 Å². The van der Waals surface area contributed by atoms with Crippen molar-refractivity contribution in [1.82, 2.24) is 0 Å². The standard InChI is InChI=1S/C18H21NO4/c1-11(20)12-6-5-7-13(10-12)19-14(21)18-9-8-17(4,15(22)23-18)16(18,2)3/h5-7,10H,8-9H2,1-4H3,(H,19,21)/t17-,18+/m1/s1. The molecule has 1 amide bonds. The van der Waals surface area contributed by atoms with Crippen molar-refractivity contribution in [3.8, 4) is 0 Å². The monoisotopic (exact) mass is 315 g/mol. The molecular formula is C18H21NO4. The number of carbonyl (C=O) groups excluding carboxylic acids is 3. The summed E-state index contributed by atoms with van der Waals surface area (Å²) in [7, 11) is 0. The second kappa shape index (κ2) is 4.66. The van der Waals surface area contributed by atoms with Gasteiger partial charge < -0.3 is 10.1 Å². The number of benzene rings is 1. The number of nitrogens with one attached hydrogen (secondary N) is 1. The van der Waals surface area contributed by atoms with Crippen LogP contribution in [0.4, 0.5) is 5.69 Å². The Kier molecular flexibility index (Phi) is 3.19. The van der Waals surface area contributed by atoms with Gasteiger partial charge in [-0.2, -0.15) is 0 Å². The van der Waals surface area contributed by atoms with E-state index >= 15 is 0 Å². The number of hydrogen-bond acceptors (Lipinski definition) is 4. The number of rotatable bonds is 3. The van der Waals surface area contributed by atoms with Crippen molar-refractivity contribution in [2.24, 2.45) is 10.8 Å². The van der Waals surface area contributed by atoms with E-state index in [1.54, 1.807) is 24.3 Å². The van der Waals surface area contributed by atoms with Crippen molar-refractivity contribution < 1.29 is 19.1 Å². The average Bonchev–Trinajstić information content (AvgIpc) is 2.78. The van der Waals surface area contributed by atoms with Crippen LogP contribution in [-0.4, -0.2) is 23.3 Å². The topological polar surface area (TPSA) is 72.5 Å². The summed E-state index contributed by atoms with van der Waals surface area (Å²) in [6.45, 7) is 7.17. The number of esters is 1. The van der Waals surface area contributed by atoms with Crippen LogP contribution >= 0.6 is 0 Å². The van der Waals surface area contributed by atoms with Crippen LogP contribution in [0.5, 0.6) is 0 Å². The fraction of sp³-hybridized carbons (Fsp3) is 0.500. The molecule has 3 rings (SSSR count). The number of hydrogen-bond donors (Lipinski definition) is 1. The van der Waals surface area contributed by atoms with Crippen molar-refractivity contribution in [2.75, 3.05) is 5.32 Å². The minimum absolute atomic E-state index is 0.0691. The van der Waals surface area contributed by atoms with Gasteiger partial charge in [-0.05, 0) is 38.8 Å². The number of fused-ring (bicyclic) bond motifs is 2. The van der Waals surface area contributed by atoms with Crippen molar-refractivity contribution >= 4 is 23.3 Å². The number of ether oxygens (including phenoxy) is 1. The van der Waals surface area contributed by atoms with Gasteiger partial charge in [-0.1, -0.05) is 26.0 Å². The van der Waals surface area contributed by atoms with E-state index in [9.17, 15) is 14.4 Å². The third kappa shape index (κ3) is 1.89. The molecular weight excluding hydrogens is 294 g/mol. The lowest BCUT2D eigenvalue weighted by Crippen LogP contribution is -2.50. The zero-order valence-electron chi connectivity index (χ0n) is 13.9. The lowest BCUT2D eigenvalue weighted by atomic mass is 9.66. The summed E-state index contributed by atoms with van der Waals surface area (Å²) in [5.41, 5.74) is -1.31. The Balaban J connectivity index is 1.91. The molecule has 1 aliphatic carbocycles. The number of anilines is 1. The number of ketones is 1. The molecule has 2 bridgehead atoms. The molecule has 1 saturated heterocycles. The summed E-state index contributed by atoms with van der Waals surface area (Å²) >= 11 is 0. The van der Waals surface area contributed by atoms with Gasteiger partial charge in [-0.15, -0.1) is 0 Å². The molecule has 0 unspecified atom stereocenters. The van der Waals surface area contributed by atoms with Crippen LogP contribution < -0.4 is 5.32 Å². The molecule has 1 saturated carbocycles. The zero-order chi connectivity index (χ0) is 17.0. The molecule has 5 heteroatoms. The number of Topliss-reactive ketones (excluding diaryl/α,β-unsaturated/α-hetero) is 1. The summed E-state index contributed by atoms with van der Waals surface area (Å²) in [5.74, 6) is -0.695. The summed E-state index contributed by atoms with van der Waals surface area (Å²) in [6, 6.07) is 6.77. The first kappa shape index (κ1) is 15.7. The molecule has 0 spiro atoms. The zero-order valence-corrected chi connectivity index (χ0v) is 13.9. The van der Waals surface area contributed by atoms with E-state index in [1.807, 2.05) is 20.8 Å². The Labute approximate surface area is 135 Å². The maximum atomic E-state index is 12.9. The normalized spacial score (nSPS) is 30.9. The molecule has 2 atom stereocenters. The van der Waals surface area contributed by atoms with Crippen LogP contribution in [0.2, 0.25) is 0 Å². The SMILES string of the molecule is CC(=O)c1cccc(NC(=O)[C@]23CC[C@](C)(C(=O)O2)C3(C)C)c1. The van der Waals surface area contributed by atoms with Crippen LogP contribution in [-0.2, 0) is 14.3 Å². The Hall–Kier alpha value is -2.17. The summed E-state index contributed by atoms with van der Waals surface area (Å²) in [4.78, 5) is 36.6. The largest absolute Gasteiger partial charge is 0.448 e. The maximum absolute atomic E-state index is 12.9. The molecule has 1 aliphatic heterocycles. The second-order valence-corrected chi connectivity index (χ2v) is 7.26. The van der Waals surface area contributed by atoms with Crippen LogP contribution in [0.25, 0.3) is 0 Å². The van der Waals surface area contributed by atoms with E-state index in [0.29, 0.717) is 24.1 Å². The van der Waals surface area contributed by atoms with Gasteiger partial charge in [-0.25, -0.2) is 0 Å². The smallest absolute Gasteiger partial charge is 0.313 e. The quantitative estimate of drug-likeness (QED) is 0.687. The number of amides is 1. The van der Waals surface area contributed by atoms with Gasteiger partial charge in [0.2, 0.25) is 0 Å². The van der Waals surface area contributed by atoms with Crippen LogP contribution in [0, 0.1) is 10.8 Å². The maximum Gasteiger partial charge on any atom is 0.313 e. The molecule has 122 valence electrons. The average molecular weight is 315 g/mol. The van der Waals surface area contributed by atoms with E-state index < -0.39 is 16.4 Å². The predicted octanol–water partition coefficient (Wildman–Crippen LogP) is 2.95. The van der Waals surface area contributed by atoms with Crippen molar-refractivity contribution in [2.45, 2.75) is 46.1 Å². The summed E-state index contributed by atoms with van der Waals surface area (Å²) in [6.07, 6.45) is 1.15. The van der Waals surface area contributed by atoms with E-state index in [4.69, 9.17) is 4.74 Å². The van der Waals surface area contributed by atoms with E-state index in [2.05, 4.69) is 5.32 Å². The predicted molar refractivity (Wildman–Crippen MR) is 85.0 cm³/mol. The Morgan fingerprint density at radius 2 is 1.87 bits per heavy atom. The van der Waals surface area contributed by atoms with Crippen molar-refractivity contribution in [3.63, 3.8) is 0 Å². The first-order valence-corrected chi connectivity index (χ1v) is 7.80. The first-order valence-electron chi connectivity index (χ1n) is 7.80. The van der Waals surface area contributed by atoms with Gasteiger partial charge in [0.25, 0.3) is 5.91 Å². The van der Waals surface area contributed by atoms with Crippen LogP contribution in [0.3, 0.4) is 0 Å². The highest BCUT2D eigenvalue weighted by molar-refractivity contribution is 6.04. The molecule has 1 aromatic rings. The van der Waals surface area contributed by atoms with E-state index in [0.717, 1.165) is 0 Å². The fourth-order valence-corrected chi connectivity index (χ4v) is 3.80. The van der Waals surface area contributed by atoms with Gasteiger partial charge >= 0.3 is 5.97 Å². The number of carbonyl (C=O) groups is 3. The summed E-state index contributed by atoms with van der Waals surface area (Å²) in [5, 5.41) is 2.82. The van der Waals surface area contributed by atoms with Crippen LogP contribution in [0.15, 0.2) is 24.3 Å². The first-order chi connectivity index (χ1) is 10.6. The van der Waals surface area contributed by atoms with Crippen molar-refractivity contribution in [1.29, 1.82) is 0 Å². The Morgan fingerprint density at radius 1 is 1.17 bits per heavy atom. The molecule has 2 aliphatic rings. The fourth-order valence-electron chi connectivity index (χ4n) is 3.80. The van der Waals surface area contributed by atoms with E-state index in [-0.39, 0.29) is 17.7 Å². The Morgan fingerprint density at radius 3 is 2.39 bits per heavy atom. The van der Waals surface area contributed by atoms with E-state index in [1.165, 1.54) is 6.92 Å². The minimum Gasteiger partial charge on any atom is -0.448 e. The third-order valence-electron chi connectivity index (χ3n) is 5.98. The Bertz CT molecular complexity index is 723. The lowest BCUT2D eigenvalue weighted by molar-refractivity contribution is -0.165. The third-order valence-corrected chi connectivity index (χ3v) is 5.98. The van der Waals surface area contributed by atoms with Gasteiger partial charge in [0.1, 0.15) is 0 Å². The van der Waals surface area contributed by atoms with Crippen molar-refractivity contribution in [3.05, 3.63) is 29.8 Å². The van der Waals surface area contributed by atoms with Gasteiger partial charge in [-0.3, -0.25) is 14.4 Å². The van der Waals surface area contributed by atoms with Gasteiger partial charge in [0.15, 0.2) is 11.4 Å². The second-order valence-electron chi connectivity index (χ2n) is 7.26. The molecule has 0 aromatic heterocycles. The molecule has 1 aromatic carbocycles. The van der Waals surface area contributed by atoms with Crippen LogP contribution in [0.1, 0.15) is 50.9 Å².